The molecule has 1 aliphatic heterocycles. The van der Waals surface area contributed by atoms with Crippen LogP contribution in [0.3, 0.4) is 0 Å². The number of carbonyl (C=O) groups is 2. The van der Waals surface area contributed by atoms with Crippen LogP contribution in [0.2, 0.25) is 0 Å². The number of esters is 1. The fourth-order valence-electron chi connectivity index (χ4n) is 5.34. The molecule has 0 bridgehead atoms. The third kappa shape index (κ3) is 7.01. The summed E-state index contributed by atoms with van der Waals surface area (Å²) in [6.07, 6.45) is 5.96. The van der Waals surface area contributed by atoms with Crippen LogP contribution in [0, 0.1) is 36.0 Å². The molecule has 7 atom stereocenters. The molecule has 2 aliphatic rings. The summed E-state index contributed by atoms with van der Waals surface area (Å²) in [5.74, 6) is -0.271. The molecule has 194 valence electrons. The van der Waals surface area contributed by atoms with Crippen molar-refractivity contribution in [2.45, 2.75) is 98.4 Å². The molecule has 1 saturated heterocycles. The summed E-state index contributed by atoms with van der Waals surface area (Å²) in [5, 5.41) is 21.7. The van der Waals surface area contributed by atoms with Gasteiger partial charge in [0.15, 0.2) is 0 Å². The Labute approximate surface area is 210 Å². The van der Waals surface area contributed by atoms with E-state index in [1.807, 2.05) is 45.2 Å². The monoisotopic (exact) mass is 485 g/mol. The Bertz CT molecular complexity index is 922. The third-order valence-electron chi connectivity index (χ3n) is 8.25. The molecular formula is C29H43NO5. The molecule has 1 aromatic rings. The van der Waals surface area contributed by atoms with Crippen LogP contribution >= 0.6 is 0 Å². The molecule has 2 N–H and O–H groups in total. The minimum absolute atomic E-state index is 0.00287. The summed E-state index contributed by atoms with van der Waals surface area (Å²) in [5.41, 5.74) is 1.65. The summed E-state index contributed by atoms with van der Waals surface area (Å²) < 4.78 is 5.91. The van der Waals surface area contributed by atoms with E-state index in [0.717, 1.165) is 48.9 Å². The number of pyridine rings is 1. The van der Waals surface area contributed by atoms with Gasteiger partial charge < -0.3 is 14.9 Å². The van der Waals surface area contributed by atoms with Gasteiger partial charge in [-0.25, -0.2) is 0 Å². The van der Waals surface area contributed by atoms with Gasteiger partial charge in [-0.05, 0) is 74.1 Å². The molecular weight excluding hydrogens is 442 g/mol. The first-order valence-corrected chi connectivity index (χ1v) is 13.1. The van der Waals surface area contributed by atoms with Crippen molar-refractivity contribution in [3.8, 4) is 0 Å². The minimum atomic E-state index is -1.20. The Morgan fingerprint density at radius 1 is 1.11 bits per heavy atom. The Morgan fingerprint density at radius 3 is 2.49 bits per heavy atom. The van der Waals surface area contributed by atoms with Crippen molar-refractivity contribution in [2.75, 3.05) is 0 Å². The highest BCUT2D eigenvalue weighted by Crippen LogP contribution is 2.47. The fourth-order valence-corrected chi connectivity index (χ4v) is 5.34. The normalized spacial score (nSPS) is 35.2. The van der Waals surface area contributed by atoms with E-state index in [4.69, 9.17) is 4.74 Å². The largest absolute Gasteiger partial charge is 0.458 e. The van der Waals surface area contributed by atoms with E-state index in [2.05, 4.69) is 4.98 Å². The number of carbonyl (C=O) groups excluding carboxylic acids is 2. The summed E-state index contributed by atoms with van der Waals surface area (Å²) in [4.78, 5) is 30.6. The van der Waals surface area contributed by atoms with E-state index in [1.54, 1.807) is 20.8 Å². The van der Waals surface area contributed by atoms with E-state index >= 15 is 0 Å². The van der Waals surface area contributed by atoms with Gasteiger partial charge in [0.05, 0.1) is 29.7 Å². The van der Waals surface area contributed by atoms with Crippen molar-refractivity contribution in [3.63, 3.8) is 0 Å². The van der Waals surface area contributed by atoms with Crippen molar-refractivity contribution in [1.82, 2.24) is 4.98 Å². The van der Waals surface area contributed by atoms with Gasteiger partial charge >= 0.3 is 5.97 Å². The molecule has 2 fully saturated rings. The number of nitrogens with zero attached hydrogens (tertiary/aromatic N) is 1. The lowest BCUT2D eigenvalue weighted by atomic mass is 9.73. The maximum Gasteiger partial charge on any atom is 0.309 e. The predicted molar refractivity (Wildman–Crippen MR) is 136 cm³/mol. The lowest BCUT2D eigenvalue weighted by Crippen LogP contribution is -2.45. The molecule has 1 aliphatic carbocycles. The van der Waals surface area contributed by atoms with Crippen LogP contribution in [-0.2, 0) is 14.3 Å². The Morgan fingerprint density at radius 2 is 1.83 bits per heavy atom. The number of hydrogen-bond acceptors (Lipinski definition) is 6. The zero-order valence-electron chi connectivity index (χ0n) is 22.2. The van der Waals surface area contributed by atoms with Crippen LogP contribution in [0.4, 0.5) is 0 Å². The molecule has 0 amide bonds. The number of Topliss-reactive ketones (excluding diaryl/α,β-unsaturated/α-hetero) is 1. The fraction of sp³-hybridized carbons (Fsp3) is 0.690. The number of aromatic nitrogens is 1. The molecule has 3 rings (SSSR count). The van der Waals surface area contributed by atoms with Crippen molar-refractivity contribution in [2.24, 2.45) is 29.1 Å². The van der Waals surface area contributed by atoms with Gasteiger partial charge in [-0.1, -0.05) is 46.6 Å². The molecule has 6 heteroatoms. The number of ether oxygens (including phenoxy) is 1. The number of rotatable bonds is 2. The lowest BCUT2D eigenvalue weighted by molar-refractivity contribution is -0.154. The second kappa shape index (κ2) is 11.3. The van der Waals surface area contributed by atoms with Crippen LogP contribution in [0.15, 0.2) is 23.9 Å². The molecule has 1 aromatic heterocycles. The predicted octanol–water partition coefficient (Wildman–Crippen LogP) is 4.89. The van der Waals surface area contributed by atoms with Crippen molar-refractivity contribution in [1.29, 1.82) is 0 Å². The molecule has 0 radical (unpaired) electrons. The smallest absolute Gasteiger partial charge is 0.309 e. The van der Waals surface area contributed by atoms with Crippen LogP contribution in [0.25, 0.3) is 6.08 Å². The number of fused-ring (bicyclic) bond motifs is 1. The van der Waals surface area contributed by atoms with Gasteiger partial charge in [-0.15, -0.1) is 0 Å². The molecule has 0 unspecified atom stereocenters. The minimum Gasteiger partial charge on any atom is -0.458 e. The molecule has 2 heterocycles. The summed E-state index contributed by atoms with van der Waals surface area (Å²) in [6, 6.07) is 3.95. The van der Waals surface area contributed by atoms with Gasteiger partial charge in [0.2, 0.25) is 0 Å². The van der Waals surface area contributed by atoms with Crippen LogP contribution in [-0.4, -0.2) is 45.3 Å². The van der Waals surface area contributed by atoms with Gasteiger partial charge in [-0.2, -0.15) is 0 Å². The molecule has 35 heavy (non-hydrogen) atoms. The zero-order valence-corrected chi connectivity index (χ0v) is 22.2. The first-order chi connectivity index (χ1) is 16.4. The average molecular weight is 486 g/mol. The van der Waals surface area contributed by atoms with Crippen molar-refractivity contribution < 1.29 is 24.5 Å². The van der Waals surface area contributed by atoms with E-state index < -0.39 is 29.5 Å². The number of cyclic esters (lactones) is 1. The first kappa shape index (κ1) is 27.5. The number of aryl methyl sites for hydroxylation is 1. The highest BCUT2D eigenvalue weighted by molar-refractivity contribution is 5.88. The standard InChI is InChI=1S/C29H43NO5/c1-17-10-11-23(30-16-17)12-19(3)24-14-22-13-21(22)9-7-8-18(2)27(33)20(4)28(34)29(5,6)25(31)15-26(32)35-24/h10-12,16,18,20-22,24-25,27,31,33H,7-9,13-15H2,1-6H3/t18-,20+,21-,22-,24+,25-,27-/m0/s1. The van der Waals surface area contributed by atoms with Crippen molar-refractivity contribution >= 4 is 17.8 Å². The molecule has 1 saturated carbocycles. The molecule has 0 spiro atoms. The second-order valence-electron chi connectivity index (χ2n) is 11.6. The van der Waals surface area contributed by atoms with E-state index in [-0.39, 0.29) is 24.2 Å². The molecule has 0 aromatic carbocycles. The highest BCUT2D eigenvalue weighted by Gasteiger charge is 2.43. The van der Waals surface area contributed by atoms with Crippen LogP contribution < -0.4 is 0 Å². The third-order valence-corrected chi connectivity index (χ3v) is 8.25. The van der Waals surface area contributed by atoms with E-state index in [9.17, 15) is 19.8 Å². The van der Waals surface area contributed by atoms with Gasteiger partial charge in [0.1, 0.15) is 11.9 Å². The van der Waals surface area contributed by atoms with Crippen molar-refractivity contribution in [3.05, 3.63) is 35.2 Å². The summed E-state index contributed by atoms with van der Waals surface area (Å²) >= 11 is 0. The number of hydrogen-bond donors (Lipinski definition) is 2. The summed E-state index contributed by atoms with van der Waals surface area (Å²) in [6.45, 7) is 11.0. The number of aliphatic hydroxyl groups excluding tert-OH is 2. The molecule has 6 nitrogen and oxygen atoms in total. The SMILES string of the molecule is CC(=Cc1ccc(C)cn1)[C@H]1C[C@@H]2C[C@@H]2CCC[C@H](C)[C@H](O)[C@@H](C)C(=O)C(C)(C)[C@@H](O)CC(=O)O1. The van der Waals surface area contributed by atoms with E-state index in [0.29, 0.717) is 11.8 Å². The number of aliphatic hydroxyl groups is 2. The average Bonchev–Trinajstić information content (AvgIpc) is 3.55. The number of ketones is 1. The topological polar surface area (TPSA) is 96.7 Å². The van der Waals surface area contributed by atoms with Crippen LogP contribution in [0.5, 0.6) is 0 Å². The second-order valence-corrected chi connectivity index (χ2v) is 11.6. The Balaban J connectivity index is 1.82. The first-order valence-electron chi connectivity index (χ1n) is 13.1. The Kier molecular flexibility index (Phi) is 8.92. The van der Waals surface area contributed by atoms with Gasteiger partial charge in [0, 0.05) is 12.1 Å². The highest BCUT2D eigenvalue weighted by atomic mass is 16.5. The maximum absolute atomic E-state index is 13.2. The Hall–Kier alpha value is -2.05. The van der Waals surface area contributed by atoms with Gasteiger partial charge in [0.25, 0.3) is 0 Å². The quantitative estimate of drug-likeness (QED) is 0.579. The van der Waals surface area contributed by atoms with E-state index in [1.165, 1.54) is 0 Å². The summed E-state index contributed by atoms with van der Waals surface area (Å²) in [7, 11) is 0. The van der Waals surface area contributed by atoms with Gasteiger partial charge in [-0.3, -0.25) is 14.6 Å². The van der Waals surface area contributed by atoms with Crippen LogP contribution in [0.1, 0.15) is 84.4 Å². The maximum atomic E-state index is 13.2. The zero-order chi connectivity index (χ0) is 25.9. The lowest BCUT2D eigenvalue weighted by Gasteiger charge is -2.34.